The van der Waals surface area contributed by atoms with Crippen molar-refractivity contribution in [2.24, 2.45) is 0 Å². The Morgan fingerprint density at radius 2 is 1.25 bits per heavy atom. The van der Waals surface area contributed by atoms with E-state index in [1.807, 2.05) is 6.79 Å². The van der Waals surface area contributed by atoms with Gasteiger partial charge in [-0.3, -0.25) is 0 Å². The summed E-state index contributed by atoms with van der Waals surface area (Å²) >= 11 is 0. The minimum absolute atomic E-state index is 0. The zero-order valence-corrected chi connectivity index (χ0v) is 1.62. The van der Waals surface area contributed by atoms with Gasteiger partial charge < -0.3 is 10.3 Å². The maximum atomic E-state index is 8.00. The second-order valence-electron chi connectivity index (χ2n) is 0. The molecule has 0 atom stereocenters. The van der Waals surface area contributed by atoms with Gasteiger partial charge in [0, 0.05) is 0 Å². The molecule has 0 aromatic heterocycles. The van der Waals surface area contributed by atoms with E-state index in [2.05, 4.69) is 0 Å². The molecule has 0 aliphatic heterocycles. The first kappa shape index (κ1) is 23.0. The molecule has 0 fully saturated rings. The fourth-order valence-electron chi connectivity index (χ4n) is 0. The number of carbonyl (C=O) groups excluding carboxylic acids is 1. The van der Waals surface area contributed by atoms with Crippen molar-refractivity contribution in [2.45, 2.75) is 0 Å². The van der Waals surface area contributed by atoms with Crippen molar-refractivity contribution in [1.29, 1.82) is 0 Å². The molecule has 3 heteroatoms. The quantitative estimate of drug-likeness (QED) is 0.316. The van der Waals surface area contributed by atoms with Crippen LogP contribution in [0.1, 0.15) is 0 Å². The Labute approximate surface area is 46.8 Å². The van der Waals surface area contributed by atoms with Gasteiger partial charge in [-0.2, -0.15) is 0 Å². The Hall–Kier alpha value is 0.630. The van der Waals surface area contributed by atoms with Crippen LogP contribution in [0, 0.1) is 0 Å². The van der Waals surface area contributed by atoms with Gasteiger partial charge in [0.15, 0.2) is 0 Å². The van der Waals surface area contributed by atoms with Crippen LogP contribution in [0.3, 0.4) is 0 Å². The Bertz CT molecular complexity index is 6.00. The molecule has 2 nitrogen and oxygen atoms in total. The van der Waals surface area contributed by atoms with Gasteiger partial charge in [-0.25, -0.2) is 0 Å². The predicted molar refractivity (Wildman–Crippen MR) is 17.9 cm³/mol. The Kier molecular flexibility index (Phi) is 363. The summed E-state index contributed by atoms with van der Waals surface area (Å²) in [6.45, 7) is 2.00. The summed E-state index contributed by atoms with van der Waals surface area (Å²) in [6.07, 6.45) is 0. The zero-order valence-electron chi connectivity index (χ0n) is 1.62. The molecule has 2 N–H and O–H groups in total. The second-order valence-corrected chi connectivity index (χ2v) is 0. The van der Waals surface area contributed by atoms with E-state index in [1.165, 1.54) is 0 Å². The number of hydrogen-bond acceptors (Lipinski definition) is 1. The van der Waals surface area contributed by atoms with Crippen molar-refractivity contribution in [3.8, 4) is 0 Å². The van der Waals surface area contributed by atoms with E-state index in [1.54, 1.807) is 0 Å². The maximum absolute atomic E-state index is 8.00. The van der Waals surface area contributed by atoms with Crippen molar-refractivity contribution in [3.05, 3.63) is 0 Å². The molecule has 0 unspecified atom stereocenters. The van der Waals surface area contributed by atoms with Crippen LogP contribution in [0.4, 0.5) is 0 Å². The van der Waals surface area contributed by atoms with Crippen LogP contribution in [-0.2, 0) is 4.79 Å². The summed E-state index contributed by atoms with van der Waals surface area (Å²) in [5.41, 5.74) is 0. The van der Waals surface area contributed by atoms with Crippen LogP contribution < -0.4 is 0 Å². The molecule has 22 valence electrons. The molecule has 0 spiro atoms. The fourth-order valence-corrected chi connectivity index (χ4v) is 0. The van der Waals surface area contributed by atoms with Crippen molar-refractivity contribution in [1.82, 2.24) is 0 Å². The predicted octanol–water partition coefficient (Wildman–Crippen LogP) is -1.66. The second kappa shape index (κ2) is 63.3. The topological polar surface area (TPSA) is 48.6 Å². The van der Waals surface area contributed by atoms with Gasteiger partial charge in [0.1, 0.15) is 6.79 Å². The van der Waals surface area contributed by atoms with Crippen LogP contribution in [0.25, 0.3) is 0 Å². The van der Waals surface area contributed by atoms with Gasteiger partial charge in [0.05, 0.1) is 0 Å². The van der Waals surface area contributed by atoms with E-state index in [0.29, 0.717) is 0 Å². The van der Waals surface area contributed by atoms with Gasteiger partial charge in [-0.15, -0.1) is 0 Å². The first-order chi connectivity index (χ1) is 1.00. The van der Waals surface area contributed by atoms with Crippen molar-refractivity contribution in [2.75, 3.05) is 0 Å². The molecule has 0 aromatic carbocycles. The van der Waals surface area contributed by atoms with Gasteiger partial charge in [0.2, 0.25) is 0 Å². The molecule has 0 aromatic rings. The van der Waals surface area contributed by atoms with Gasteiger partial charge in [-0.05, 0) is 0 Å². The zero-order chi connectivity index (χ0) is 2.00. The van der Waals surface area contributed by atoms with Gasteiger partial charge >= 0.3 is 29.6 Å². The molecule has 0 rings (SSSR count). The molecular weight excluding hydrogens is 67.0 g/mol. The van der Waals surface area contributed by atoms with E-state index in [9.17, 15) is 0 Å². The summed E-state index contributed by atoms with van der Waals surface area (Å²) in [5.74, 6) is 0. The third kappa shape index (κ3) is 17.6. The van der Waals surface area contributed by atoms with E-state index in [0.717, 1.165) is 0 Å². The molecule has 0 aliphatic rings. The summed E-state index contributed by atoms with van der Waals surface area (Å²) in [6, 6.07) is 0. The van der Waals surface area contributed by atoms with Crippen LogP contribution in [-0.4, -0.2) is 41.8 Å². The minimum atomic E-state index is 0. The molecule has 0 saturated carbocycles. The summed E-state index contributed by atoms with van der Waals surface area (Å²) in [4.78, 5) is 8.00. The van der Waals surface area contributed by atoms with Crippen molar-refractivity contribution >= 4 is 36.3 Å². The average Bonchev–Trinajstić information content (AvgIpc) is 1.00. The first-order valence-corrected chi connectivity index (χ1v) is 0.289. The van der Waals surface area contributed by atoms with E-state index < -0.39 is 0 Å². The van der Waals surface area contributed by atoms with Crippen LogP contribution >= 0.6 is 0 Å². The SMILES string of the molecule is C=O.O.[NaH]. The standard InChI is InChI=1S/CH2O.Na.H2O.H/c1-2;;;/h1H2;;1H2;. The monoisotopic (exact) mass is 72.0 g/mol. The molecular formula is CH5NaO2. The Morgan fingerprint density at radius 3 is 1.25 bits per heavy atom. The van der Waals surface area contributed by atoms with Crippen LogP contribution in [0.2, 0.25) is 0 Å². The van der Waals surface area contributed by atoms with E-state index >= 15 is 0 Å². The fraction of sp³-hybridized carbons (Fsp3) is 0. The number of rotatable bonds is 0. The van der Waals surface area contributed by atoms with Crippen molar-refractivity contribution < 1.29 is 10.3 Å². The summed E-state index contributed by atoms with van der Waals surface area (Å²) in [7, 11) is 0. The van der Waals surface area contributed by atoms with E-state index in [-0.39, 0.29) is 35.0 Å². The summed E-state index contributed by atoms with van der Waals surface area (Å²) < 4.78 is 0. The first-order valence-electron chi connectivity index (χ1n) is 0.289. The molecule has 0 radical (unpaired) electrons. The van der Waals surface area contributed by atoms with Crippen LogP contribution in [0.15, 0.2) is 0 Å². The van der Waals surface area contributed by atoms with E-state index in [4.69, 9.17) is 4.79 Å². The van der Waals surface area contributed by atoms with Crippen LogP contribution in [0.5, 0.6) is 0 Å². The average molecular weight is 72.0 g/mol. The molecule has 0 amide bonds. The number of hydrogen-bond donors (Lipinski definition) is 0. The number of carbonyl (C=O) groups is 1. The third-order valence-corrected chi connectivity index (χ3v) is 0. The Balaban J connectivity index is -0.00000000500. The normalized spacial score (nSPS) is 1.00. The van der Waals surface area contributed by atoms with Crippen molar-refractivity contribution in [3.63, 3.8) is 0 Å². The summed E-state index contributed by atoms with van der Waals surface area (Å²) in [5, 5.41) is 0. The molecule has 0 bridgehead atoms. The molecule has 0 heterocycles. The van der Waals surface area contributed by atoms with Gasteiger partial charge in [-0.1, -0.05) is 0 Å². The molecule has 0 saturated heterocycles. The Morgan fingerprint density at radius 1 is 1.25 bits per heavy atom. The molecule has 4 heavy (non-hydrogen) atoms. The van der Waals surface area contributed by atoms with Gasteiger partial charge in [0.25, 0.3) is 0 Å². The molecule has 0 aliphatic carbocycles. The third-order valence-electron chi connectivity index (χ3n) is 0.